The van der Waals surface area contributed by atoms with Crippen LogP contribution in [0.1, 0.15) is 64.1 Å². The molecule has 0 saturated heterocycles. The number of hydrogen-bond donors (Lipinski definition) is 2. The lowest BCUT2D eigenvalue weighted by Crippen LogP contribution is -2.52. The molecule has 112 valence electrons. The SMILES string of the molecule is CCCC(C)(N)C(=O)NC(C)c1nnc2n1CCCC2. The molecule has 0 aliphatic carbocycles. The van der Waals surface area contributed by atoms with Crippen molar-refractivity contribution in [1.29, 1.82) is 0 Å². The zero-order valence-corrected chi connectivity index (χ0v) is 12.6. The van der Waals surface area contributed by atoms with E-state index >= 15 is 0 Å². The van der Waals surface area contributed by atoms with E-state index in [0.29, 0.717) is 6.42 Å². The number of nitrogens with one attached hydrogen (secondary N) is 1. The van der Waals surface area contributed by atoms with E-state index in [1.165, 1.54) is 0 Å². The Bertz CT molecular complexity index is 480. The van der Waals surface area contributed by atoms with Crippen LogP contribution in [0, 0.1) is 0 Å². The number of nitrogens with two attached hydrogens (primary N) is 1. The van der Waals surface area contributed by atoms with Gasteiger partial charge in [0.1, 0.15) is 5.82 Å². The van der Waals surface area contributed by atoms with Crippen molar-refractivity contribution in [2.45, 2.75) is 71.0 Å². The van der Waals surface area contributed by atoms with Gasteiger partial charge in [0.05, 0.1) is 11.6 Å². The first-order valence-corrected chi connectivity index (χ1v) is 7.47. The summed E-state index contributed by atoms with van der Waals surface area (Å²) < 4.78 is 2.13. The van der Waals surface area contributed by atoms with Crippen LogP contribution < -0.4 is 11.1 Å². The molecule has 1 aliphatic heterocycles. The summed E-state index contributed by atoms with van der Waals surface area (Å²) in [7, 11) is 0. The summed E-state index contributed by atoms with van der Waals surface area (Å²) in [4.78, 5) is 12.2. The van der Waals surface area contributed by atoms with Gasteiger partial charge in [0, 0.05) is 13.0 Å². The fourth-order valence-electron chi connectivity index (χ4n) is 2.71. The average molecular weight is 279 g/mol. The van der Waals surface area contributed by atoms with Crippen LogP contribution in [0.2, 0.25) is 0 Å². The van der Waals surface area contributed by atoms with E-state index in [4.69, 9.17) is 5.73 Å². The highest BCUT2D eigenvalue weighted by molar-refractivity contribution is 5.85. The molecule has 0 spiro atoms. The largest absolute Gasteiger partial charge is 0.345 e. The van der Waals surface area contributed by atoms with Crippen molar-refractivity contribution < 1.29 is 4.79 Å². The van der Waals surface area contributed by atoms with Crippen molar-refractivity contribution in [3.63, 3.8) is 0 Å². The van der Waals surface area contributed by atoms with Gasteiger partial charge in [0.2, 0.25) is 5.91 Å². The standard InChI is InChI=1S/C14H25N5O/c1-4-8-14(3,15)13(20)16-10(2)12-18-17-11-7-5-6-9-19(11)12/h10H,4-9,15H2,1-3H3,(H,16,20). The molecular formula is C14H25N5O. The van der Waals surface area contributed by atoms with Gasteiger partial charge in [0.15, 0.2) is 5.82 Å². The number of nitrogens with zero attached hydrogens (tertiary/aromatic N) is 3. The van der Waals surface area contributed by atoms with Crippen molar-refractivity contribution >= 4 is 5.91 Å². The third-order valence-electron chi connectivity index (χ3n) is 3.91. The van der Waals surface area contributed by atoms with Gasteiger partial charge in [-0.1, -0.05) is 13.3 Å². The maximum absolute atomic E-state index is 12.2. The third-order valence-corrected chi connectivity index (χ3v) is 3.91. The first kappa shape index (κ1) is 15.0. The summed E-state index contributed by atoms with van der Waals surface area (Å²) >= 11 is 0. The molecule has 0 aromatic carbocycles. The van der Waals surface area contributed by atoms with Gasteiger partial charge >= 0.3 is 0 Å². The van der Waals surface area contributed by atoms with Crippen molar-refractivity contribution in [1.82, 2.24) is 20.1 Å². The zero-order chi connectivity index (χ0) is 14.8. The lowest BCUT2D eigenvalue weighted by atomic mass is 9.96. The summed E-state index contributed by atoms with van der Waals surface area (Å²) in [6.45, 7) is 6.67. The van der Waals surface area contributed by atoms with Crippen LogP contribution in [0.25, 0.3) is 0 Å². The second kappa shape index (κ2) is 5.91. The Labute approximate surface area is 120 Å². The quantitative estimate of drug-likeness (QED) is 0.851. The lowest BCUT2D eigenvalue weighted by Gasteiger charge is -2.26. The molecule has 2 rings (SSSR count). The van der Waals surface area contributed by atoms with Crippen LogP contribution in [0.3, 0.4) is 0 Å². The molecule has 0 radical (unpaired) electrons. The van der Waals surface area contributed by atoms with Crippen LogP contribution in [-0.4, -0.2) is 26.2 Å². The van der Waals surface area contributed by atoms with Gasteiger partial charge in [-0.2, -0.15) is 0 Å². The Morgan fingerprint density at radius 1 is 1.50 bits per heavy atom. The summed E-state index contributed by atoms with van der Waals surface area (Å²) in [6, 6.07) is -0.165. The Balaban J connectivity index is 2.07. The van der Waals surface area contributed by atoms with E-state index in [9.17, 15) is 4.79 Å². The van der Waals surface area contributed by atoms with Gasteiger partial charge in [-0.25, -0.2) is 0 Å². The zero-order valence-electron chi connectivity index (χ0n) is 12.6. The van der Waals surface area contributed by atoms with E-state index in [1.54, 1.807) is 6.92 Å². The summed E-state index contributed by atoms with van der Waals surface area (Å²) in [5, 5.41) is 11.4. The molecule has 0 fully saturated rings. The van der Waals surface area contributed by atoms with Crippen LogP contribution in [0.4, 0.5) is 0 Å². The van der Waals surface area contributed by atoms with Gasteiger partial charge in [-0.3, -0.25) is 4.79 Å². The number of fused-ring (bicyclic) bond motifs is 1. The van der Waals surface area contributed by atoms with E-state index in [-0.39, 0.29) is 11.9 Å². The number of aryl methyl sites for hydroxylation is 1. The number of carbonyl (C=O) groups excluding carboxylic acids is 1. The molecule has 0 bridgehead atoms. The molecule has 6 heteroatoms. The first-order chi connectivity index (χ1) is 9.45. The highest BCUT2D eigenvalue weighted by Gasteiger charge is 2.30. The van der Waals surface area contributed by atoms with Crippen molar-refractivity contribution in [2.24, 2.45) is 5.73 Å². The molecule has 1 amide bonds. The highest BCUT2D eigenvalue weighted by atomic mass is 16.2. The lowest BCUT2D eigenvalue weighted by molar-refractivity contribution is -0.126. The third kappa shape index (κ3) is 3.00. The molecule has 2 heterocycles. The predicted molar refractivity (Wildman–Crippen MR) is 77.0 cm³/mol. The number of carbonyl (C=O) groups is 1. The molecule has 1 aliphatic rings. The smallest absolute Gasteiger partial charge is 0.240 e. The van der Waals surface area contributed by atoms with Gasteiger partial charge in [0.25, 0.3) is 0 Å². The van der Waals surface area contributed by atoms with Crippen LogP contribution in [-0.2, 0) is 17.8 Å². The summed E-state index contributed by atoms with van der Waals surface area (Å²) in [6.07, 6.45) is 4.83. The normalized spacial score (nSPS) is 19.0. The fraction of sp³-hybridized carbons (Fsp3) is 0.786. The highest BCUT2D eigenvalue weighted by Crippen LogP contribution is 2.19. The molecule has 3 N–H and O–H groups in total. The van der Waals surface area contributed by atoms with E-state index < -0.39 is 5.54 Å². The van der Waals surface area contributed by atoms with Gasteiger partial charge < -0.3 is 15.6 Å². The van der Waals surface area contributed by atoms with Gasteiger partial charge in [-0.05, 0) is 33.1 Å². The number of aromatic nitrogens is 3. The number of amides is 1. The summed E-state index contributed by atoms with van der Waals surface area (Å²) in [5.41, 5.74) is 5.23. The topological polar surface area (TPSA) is 85.8 Å². The van der Waals surface area contributed by atoms with E-state index in [1.807, 2.05) is 13.8 Å². The second-order valence-corrected chi connectivity index (χ2v) is 5.95. The van der Waals surface area contributed by atoms with E-state index in [2.05, 4.69) is 20.1 Å². The maximum Gasteiger partial charge on any atom is 0.240 e. The minimum absolute atomic E-state index is 0.125. The van der Waals surface area contributed by atoms with Crippen LogP contribution in [0.5, 0.6) is 0 Å². The Hall–Kier alpha value is -1.43. The molecule has 0 saturated carbocycles. The molecule has 2 unspecified atom stereocenters. The van der Waals surface area contributed by atoms with E-state index in [0.717, 1.165) is 43.9 Å². The first-order valence-electron chi connectivity index (χ1n) is 7.47. The molecule has 6 nitrogen and oxygen atoms in total. The average Bonchev–Trinajstić information content (AvgIpc) is 2.82. The molecular weight excluding hydrogens is 254 g/mol. The minimum atomic E-state index is -0.826. The minimum Gasteiger partial charge on any atom is -0.345 e. The molecule has 2 atom stereocenters. The maximum atomic E-state index is 12.2. The Morgan fingerprint density at radius 2 is 2.25 bits per heavy atom. The van der Waals surface area contributed by atoms with Crippen LogP contribution >= 0.6 is 0 Å². The number of hydrogen-bond acceptors (Lipinski definition) is 4. The Morgan fingerprint density at radius 3 is 2.95 bits per heavy atom. The molecule has 20 heavy (non-hydrogen) atoms. The van der Waals surface area contributed by atoms with Crippen molar-refractivity contribution in [2.75, 3.05) is 0 Å². The second-order valence-electron chi connectivity index (χ2n) is 5.95. The van der Waals surface area contributed by atoms with Crippen molar-refractivity contribution in [3.05, 3.63) is 11.6 Å². The van der Waals surface area contributed by atoms with Gasteiger partial charge in [-0.15, -0.1) is 10.2 Å². The Kier molecular flexibility index (Phi) is 4.42. The van der Waals surface area contributed by atoms with Crippen molar-refractivity contribution in [3.8, 4) is 0 Å². The summed E-state index contributed by atoms with van der Waals surface area (Å²) in [5.74, 6) is 1.73. The predicted octanol–water partition coefficient (Wildman–Crippen LogP) is 1.31. The number of rotatable bonds is 5. The monoisotopic (exact) mass is 279 g/mol. The molecule has 1 aromatic rings. The molecule has 1 aromatic heterocycles. The van der Waals surface area contributed by atoms with Crippen LogP contribution in [0.15, 0.2) is 0 Å². The fourth-order valence-corrected chi connectivity index (χ4v) is 2.71.